The van der Waals surface area contributed by atoms with Crippen molar-refractivity contribution in [2.45, 2.75) is 73.3 Å². The Labute approximate surface area is 156 Å². The smallest absolute Gasteiger partial charge is 0.235 e. The second-order valence-electron chi connectivity index (χ2n) is 8.20. The van der Waals surface area contributed by atoms with Gasteiger partial charge in [0, 0.05) is 25.1 Å². The van der Waals surface area contributed by atoms with Gasteiger partial charge in [0.25, 0.3) is 0 Å². The molecule has 1 unspecified atom stereocenters. The highest BCUT2D eigenvalue weighted by molar-refractivity contribution is 7.92. The molecule has 0 heterocycles. The fourth-order valence-electron chi connectivity index (χ4n) is 2.69. The molecular weight excluding hydrogens is 334 g/mol. The summed E-state index contributed by atoms with van der Waals surface area (Å²) in [6.07, 6.45) is 5.82. The standard InChI is InChI=1S/C20H39NO3S/c1-9-15-21(16-14-20(7,8)24-11-3)25(22,23)17-12-13-18(10-2)19(4,5)6/h10,12,17-18H,2,9,11,13-16H2,1,3-8H3/b17-12+. The molecule has 25 heavy (non-hydrogen) atoms. The van der Waals surface area contributed by atoms with Crippen molar-refractivity contribution >= 4 is 10.0 Å². The normalized spacial score (nSPS) is 15.0. The molecule has 0 N–H and O–H groups in total. The molecule has 4 nitrogen and oxygen atoms in total. The molecule has 0 aromatic rings. The highest BCUT2D eigenvalue weighted by Gasteiger charge is 2.25. The summed E-state index contributed by atoms with van der Waals surface area (Å²) in [6.45, 7) is 19.9. The third-order valence-electron chi connectivity index (χ3n) is 4.39. The SMILES string of the molecule is C=CC(C/C=C/S(=O)(=O)N(CCC)CCC(C)(C)OCC)C(C)(C)C. The molecule has 0 aromatic heterocycles. The number of rotatable bonds is 12. The second-order valence-corrected chi connectivity index (χ2v) is 10.0. The summed E-state index contributed by atoms with van der Waals surface area (Å²) in [4.78, 5) is 0. The van der Waals surface area contributed by atoms with Crippen molar-refractivity contribution in [2.24, 2.45) is 11.3 Å². The molecule has 0 radical (unpaired) electrons. The van der Waals surface area contributed by atoms with E-state index in [1.807, 2.05) is 33.8 Å². The fraction of sp³-hybridized carbons (Fsp3) is 0.800. The van der Waals surface area contributed by atoms with E-state index in [1.54, 1.807) is 10.4 Å². The zero-order valence-corrected chi connectivity index (χ0v) is 18.2. The van der Waals surface area contributed by atoms with Gasteiger partial charge in [0.15, 0.2) is 0 Å². The van der Waals surface area contributed by atoms with E-state index >= 15 is 0 Å². The lowest BCUT2D eigenvalue weighted by atomic mass is 9.79. The molecule has 0 aromatic carbocycles. The number of allylic oxidation sites excluding steroid dienone is 2. The van der Waals surface area contributed by atoms with Crippen LogP contribution < -0.4 is 0 Å². The molecule has 0 bridgehead atoms. The molecule has 5 heteroatoms. The Morgan fingerprint density at radius 3 is 2.16 bits per heavy atom. The van der Waals surface area contributed by atoms with Gasteiger partial charge in [0.1, 0.15) is 0 Å². The largest absolute Gasteiger partial charge is 0.376 e. The highest BCUT2D eigenvalue weighted by Crippen LogP contribution is 2.30. The predicted octanol–water partition coefficient (Wildman–Crippen LogP) is 4.99. The van der Waals surface area contributed by atoms with Crippen LogP contribution in [0.5, 0.6) is 0 Å². The average Bonchev–Trinajstić information content (AvgIpc) is 2.46. The van der Waals surface area contributed by atoms with Crippen LogP contribution in [0, 0.1) is 11.3 Å². The predicted molar refractivity (Wildman–Crippen MR) is 108 cm³/mol. The fourth-order valence-corrected chi connectivity index (χ4v) is 3.99. The topological polar surface area (TPSA) is 46.6 Å². The van der Waals surface area contributed by atoms with Crippen LogP contribution in [-0.2, 0) is 14.8 Å². The van der Waals surface area contributed by atoms with Crippen LogP contribution in [0.1, 0.15) is 67.7 Å². The molecule has 0 saturated carbocycles. The van der Waals surface area contributed by atoms with E-state index < -0.39 is 10.0 Å². The quantitative estimate of drug-likeness (QED) is 0.453. The van der Waals surface area contributed by atoms with E-state index in [2.05, 4.69) is 27.4 Å². The lowest BCUT2D eigenvalue weighted by Crippen LogP contribution is -2.36. The number of ether oxygens (including phenoxy) is 1. The van der Waals surface area contributed by atoms with Crippen molar-refractivity contribution in [3.63, 3.8) is 0 Å². The lowest BCUT2D eigenvalue weighted by Gasteiger charge is -2.28. The molecule has 0 fully saturated rings. The van der Waals surface area contributed by atoms with Crippen molar-refractivity contribution in [2.75, 3.05) is 19.7 Å². The molecule has 1 atom stereocenters. The van der Waals surface area contributed by atoms with Gasteiger partial charge in [0.2, 0.25) is 10.0 Å². The third kappa shape index (κ3) is 9.57. The van der Waals surface area contributed by atoms with Crippen LogP contribution in [0.2, 0.25) is 0 Å². The van der Waals surface area contributed by atoms with Crippen molar-refractivity contribution < 1.29 is 13.2 Å². The Kier molecular flexibility index (Phi) is 10.2. The minimum Gasteiger partial charge on any atom is -0.376 e. The maximum absolute atomic E-state index is 12.7. The minimum absolute atomic E-state index is 0.0699. The van der Waals surface area contributed by atoms with Crippen molar-refractivity contribution in [1.82, 2.24) is 4.31 Å². The molecule has 0 aliphatic heterocycles. The van der Waals surface area contributed by atoms with Crippen molar-refractivity contribution in [1.29, 1.82) is 0 Å². The van der Waals surface area contributed by atoms with Crippen LogP contribution >= 0.6 is 0 Å². The Morgan fingerprint density at radius 1 is 1.12 bits per heavy atom. The number of hydrogen-bond acceptors (Lipinski definition) is 3. The Morgan fingerprint density at radius 2 is 1.72 bits per heavy atom. The van der Waals surface area contributed by atoms with E-state index in [-0.39, 0.29) is 16.9 Å². The molecule has 0 aliphatic rings. The highest BCUT2D eigenvalue weighted by atomic mass is 32.2. The molecule has 0 spiro atoms. The third-order valence-corrected chi connectivity index (χ3v) is 6.01. The first kappa shape index (κ1) is 24.4. The number of nitrogens with zero attached hydrogens (tertiary/aromatic N) is 1. The molecule has 0 saturated heterocycles. The van der Waals surface area contributed by atoms with Crippen LogP contribution in [0.25, 0.3) is 0 Å². The zero-order valence-electron chi connectivity index (χ0n) is 17.3. The van der Waals surface area contributed by atoms with E-state index in [1.165, 1.54) is 5.41 Å². The molecule has 148 valence electrons. The summed E-state index contributed by atoms with van der Waals surface area (Å²) in [5.41, 5.74) is -0.249. The minimum atomic E-state index is -3.41. The molecule has 0 aliphatic carbocycles. The van der Waals surface area contributed by atoms with Gasteiger partial charge in [-0.2, -0.15) is 4.31 Å². The van der Waals surface area contributed by atoms with Crippen molar-refractivity contribution in [3.8, 4) is 0 Å². The summed E-state index contributed by atoms with van der Waals surface area (Å²) in [6, 6.07) is 0. The molecule has 0 amide bonds. The maximum Gasteiger partial charge on any atom is 0.235 e. The van der Waals surface area contributed by atoms with Crippen LogP contribution in [0.3, 0.4) is 0 Å². The van der Waals surface area contributed by atoms with Crippen LogP contribution in [-0.4, -0.2) is 38.0 Å². The van der Waals surface area contributed by atoms with Crippen LogP contribution in [0.15, 0.2) is 24.1 Å². The zero-order chi connectivity index (χ0) is 19.7. The van der Waals surface area contributed by atoms with Gasteiger partial charge in [-0.05, 0) is 51.4 Å². The van der Waals surface area contributed by atoms with Gasteiger partial charge in [0.05, 0.1) is 5.60 Å². The van der Waals surface area contributed by atoms with Gasteiger partial charge < -0.3 is 4.74 Å². The first-order valence-corrected chi connectivity index (χ1v) is 10.8. The summed E-state index contributed by atoms with van der Waals surface area (Å²) in [5.74, 6) is 0.246. The lowest BCUT2D eigenvalue weighted by molar-refractivity contribution is -0.0185. The molecular formula is C20H39NO3S. The van der Waals surface area contributed by atoms with Gasteiger partial charge in [-0.3, -0.25) is 0 Å². The maximum atomic E-state index is 12.7. The summed E-state index contributed by atoms with van der Waals surface area (Å²) >= 11 is 0. The first-order valence-electron chi connectivity index (χ1n) is 9.32. The summed E-state index contributed by atoms with van der Waals surface area (Å²) < 4.78 is 32.6. The molecule has 0 rings (SSSR count). The van der Waals surface area contributed by atoms with Gasteiger partial charge in [-0.15, -0.1) is 6.58 Å². The Bertz CT molecular complexity index is 516. The van der Waals surface area contributed by atoms with E-state index in [9.17, 15) is 8.42 Å². The summed E-state index contributed by atoms with van der Waals surface area (Å²) in [7, 11) is -3.41. The second kappa shape index (κ2) is 10.5. The van der Waals surface area contributed by atoms with E-state index in [0.717, 1.165) is 6.42 Å². The van der Waals surface area contributed by atoms with E-state index in [4.69, 9.17) is 4.74 Å². The Balaban J connectivity index is 5.01. The van der Waals surface area contributed by atoms with Gasteiger partial charge >= 0.3 is 0 Å². The van der Waals surface area contributed by atoms with Gasteiger partial charge in [-0.1, -0.05) is 39.8 Å². The average molecular weight is 374 g/mol. The van der Waals surface area contributed by atoms with E-state index in [0.29, 0.717) is 32.5 Å². The summed E-state index contributed by atoms with van der Waals surface area (Å²) in [5, 5.41) is 1.36. The first-order chi connectivity index (χ1) is 11.4. The van der Waals surface area contributed by atoms with Crippen LogP contribution in [0.4, 0.5) is 0 Å². The number of hydrogen-bond donors (Lipinski definition) is 0. The van der Waals surface area contributed by atoms with Gasteiger partial charge in [-0.25, -0.2) is 8.42 Å². The monoisotopic (exact) mass is 373 g/mol. The Hall–Kier alpha value is -0.650. The van der Waals surface area contributed by atoms with Crippen molar-refractivity contribution in [3.05, 3.63) is 24.1 Å². The number of sulfonamides is 1.